The first kappa shape index (κ1) is 13.4. The molecular weight excluding hydrogens is 216 g/mol. The highest BCUT2D eigenvalue weighted by molar-refractivity contribution is 5.73. The number of rotatable bonds is 6. The zero-order chi connectivity index (χ0) is 12.5. The van der Waals surface area contributed by atoms with Gasteiger partial charge in [-0.25, -0.2) is 4.79 Å². The standard InChI is InChI=1S/C13H20N2O2/c1-3-4-8-14-13(16)15-10-11-6-5-7-12(9-11)17-2/h5-7,9H,3-4,8,10H2,1-2H3,(H2,14,15,16). The fourth-order valence-corrected chi connectivity index (χ4v) is 1.41. The molecule has 1 aromatic carbocycles. The number of benzene rings is 1. The van der Waals surface area contributed by atoms with Gasteiger partial charge in [0.05, 0.1) is 7.11 Å². The monoisotopic (exact) mass is 236 g/mol. The van der Waals surface area contributed by atoms with Crippen molar-refractivity contribution < 1.29 is 9.53 Å². The van der Waals surface area contributed by atoms with E-state index in [1.54, 1.807) is 7.11 Å². The van der Waals surface area contributed by atoms with E-state index in [2.05, 4.69) is 17.6 Å². The van der Waals surface area contributed by atoms with E-state index in [9.17, 15) is 4.79 Å². The van der Waals surface area contributed by atoms with Gasteiger partial charge in [0.15, 0.2) is 0 Å². The summed E-state index contributed by atoms with van der Waals surface area (Å²) in [7, 11) is 1.63. The lowest BCUT2D eigenvalue weighted by Gasteiger charge is -2.08. The maximum absolute atomic E-state index is 11.4. The van der Waals surface area contributed by atoms with Crippen LogP contribution in [0.25, 0.3) is 0 Å². The molecule has 4 nitrogen and oxygen atoms in total. The molecular formula is C13H20N2O2. The van der Waals surface area contributed by atoms with Crippen LogP contribution in [0.3, 0.4) is 0 Å². The fraction of sp³-hybridized carbons (Fsp3) is 0.462. The Labute approximate surface area is 102 Å². The molecule has 0 radical (unpaired) electrons. The second-order valence-corrected chi connectivity index (χ2v) is 3.81. The van der Waals surface area contributed by atoms with Crippen LogP contribution < -0.4 is 15.4 Å². The fourth-order valence-electron chi connectivity index (χ4n) is 1.41. The van der Waals surface area contributed by atoms with E-state index < -0.39 is 0 Å². The number of methoxy groups -OCH3 is 1. The van der Waals surface area contributed by atoms with Crippen LogP contribution in [-0.2, 0) is 6.54 Å². The molecule has 0 aliphatic heterocycles. The molecule has 17 heavy (non-hydrogen) atoms. The van der Waals surface area contributed by atoms with Crippen LogP contribution in [0, 0.1) is 0 Å². The average Bonchev–Trinajstić information content (AvgIpc) is 2.37. The molecule has 94 valence electrons. The van der Waals surface area contributed by atoms with Crippen LogP contribution >= 0.6 is 0 Å². The van der Waals surface area contributed by atoms with E-state index in [1.807, 2.05) is 24.3 Å². The summed E-state index contributed by atoms with van der Waals surface area (Å²) < 4.78 is 5.11. The summed E-state index contributed by atoms with van der Waals surface area (Å²) in [6.07, 6.45) is 2.09. The zero-order valence-electron chi connectivity index (χ0n) is 10.5. The third-order valence-electron chi connectivity index (χ3n) is 2.40. The molecule has 0 bridgehead atoms. The second kappa shape index (κ2) is 7.54. The number of carbonyl (C=O) groups is 1. The van der Waals surface area contributed by atoms with Gasteiger partial charge in [-0.3, -0.25) is 0 Å². The SMILES string of the molecule is CCCCNC(=O)NCc1cccc(OC)c1. The number of unbranched alkanes of at least 4 members (excludes halogenated alkanes) is 1. The van der Waals surface area contributed by atoms with Gasteiger partial charge >= 0.3 is 6.03 Å². The number of carbonyl (C=O) groups excluding carboxylic acids is 1. The summed E-state index contributed by atoms with van der Waals surface area (Å²) in [5.41, 5.74) is 1.02. The molecule has 0 saturated carbocycles. The van der Waals surface area contributed by atoms with Crippen LogP contribution in [0.15, 0.2) is 24.3 Å². The lowest BCUT2D eigenvalue weighted by molar-refractivity contribution is 0.240. The Morgan fingerprint density at radius 3 is 2.88 bits per heavy atom. The van der Waals surface area contributed by atoms with Gasteiger partial charge in [-0.05, 0) is 24.1 Å². The van der Waals surface area contributed by atoms with Crippen molar-refractivity contribution in [3.05, 3.63) is 29.8 Å². The minimum Gasteiger partial charge on any atom is -0.497 e. The van der Waals surface area contributed by atoms with Crippen LogP contribution in [-0.4, -0.2) is 19.7 Å². The smallest absolute Gasteiger partial charge is 0.315 e. The molecule has 0 atom stereocenters. The molecule has 0 saturated heterocycles. The van der Waals surface area contributed by atoms with E-state index in [1.165, 1.54) is 0 Å². The van der Waals surface area contributed by atoms with Gasteiger partial charge in [0.1, 0.15) is 5.75 Å². The van der Waals surface area contributed by atoms with Crippen molar-refractivity contribution in [1.82, 2.24) is 10.6 Å². The number of hydrogen-bond acceptors (Lipinski definition) is 2. The van der Waals surface area contributed by atoms with Gasteiger partial charge in [-0.15, -0.1) is 0 Å². The number of amides is 2. The molecule has 0 aliphatic carbocycles. The van der Waals surface area contributed by atoms with E-state index in [4.69, 9.17) is 4.74 Å². The minimum atomic E-state index is -0.124. The Bertz CT molecular complexity index is 353. The topological polar surface area (TPSA) is 50.4 Å². The minimum absolute atomic E-state index is 0.124. The third-order valence-corrected chi connectivity index (χ3v) is 2.40. The van der Waals surface area contributed by atoms with Crippen molar-refractivity contribution in [1.29, 1.82) is 0 Å². The Morgan fingerprint density at radius 1 is 1.35 bits per heavy atom. The molecule has 2 amide bonds. The number of urea groups is 1. The average molecular weight is 236 g/mol. The summed E-state index contributed by atoms with van der Waals surface area (Å²) >= 11 is 0. The predicted octanol–water partition coefficient (Wildman–Crippen LogP) is 2.29. The van der Waals surface area contributed by atoms with Gasteiger partial charge in [0.25, 0.3) is 0 Å². The van der Waals surface area contributed by atoms with Gasteiger partial charge < -0.3 is 15.4 Å². The molecule has 2 N–H and O–H groups in total. The zero-order valence-corrected chi connectivity index (χ0v) is 10.5. The summed E-state index contributed by atoms with van der Waals surface area (Å²) in [6.45, 7) is 3.32. The lowest BCUT2D eigenvalue weighted by Crippen LogP contribution is -2.35. The van der Waals surface area contributed by atoms with Gasteiger partial charge in [-0.2, -0.15) is 0 Å². The first-order valence-corrected chi connectivity index (χ1v) is 5.91. The second-order valence-electron chi connectivity index (χ2n) is 3.81. The maximum Gasteiger partial charge on any atom is 0.315 e. The molecule has 0 unspecified atom stereocenters. The van der Waals surface area contributed by atoms with Crippen molar-refractivity contribution in [3.63, 3.8) is 0 Å². The largest absolute Gasteiger partial charge is 0.497 e. The van der Waals surface area contributed by atoms with Gasteiger partial charge in [-0.1, -0.05) is 25.5 Å². The number of nitrogens with one attached hydrogen (secondary N) is 2. The van der Waals surface area contributed by atoms with Crippen molar-refractivity contribution >= 4 is 6.03 Å². The highest BCUT2D eigenvalue weighted by atomic mass is 16.5. The summed E-state index contributed by atoms with van der Waals surface area (Å²) in [6, 6.07) is 7.53. The molecule has 0 fully saturated rings. The quantitative estimate of drug-likeness (QED) is 0.745. The van der Waals surface area contributed by atoms with E-state index in [0.717, 1.165) is 30.7 Å². The van der Waals surface area contributed by atoms with E-state index in [0.29, 0.717) is 6.54 Å². The highest BCUT2D eigenvalue weighted by Gasteiger charge is 2.00. The van der Waals surface area contributed by atoms with Crippen LogP contribution in [0.5, 0.6) is 5.75 Å². The summed E-state index contributed by atoms with van der Waals surface area (Å²) in [5.74, 6) is 0.802. The van der Waals surface area contributed by atoms with Crippen LogP contribution in [0.4, 0.5) is 4.79 Å². The lowest BCUT2D eigenvalue weighted by atomic mass is 10.2. The van der Waals surface area contributed by atoms with Crippen LogP contribution in [0.2, 0.25) is 0 Å². The van der Waals surface area contributed by atoms with Crippen molar-refractivity contribution in [3.8, 4) is 5.75 Å². The summed E-state index contributed by atoms with van der Waals surface area (Å²) in [4.78, 5) is 11.4. The third kappa shape index (κ3) is 5.24. The first-order valence-electron chi connectivity index (χ1n) is 5.91. The van der Waals surface area contributed by atoms with Crippen molar-refractivity contribution in [2.45, 2.75) is 26.3 Å². The molecule has 0 heterocycles. The number of ether oxygens (including phenoxy) is 1. The Hall–Kier alpha value is -1.71. The highest BCUT2D eigenvalue weighted by Crippen LogP contribution is 2.11. The van der Waals surface area contributed by atoms with Crippen molar-refractivity contribution in [2.75, 3.05) is 13.7 Å². The molecule has 4 heteroatoms. The molecule has 0 aromatic heterocycles. The Morgan fingerprint density at radius 2 is 2.18 bits per heavy atom. The van der Waals surface area contributed by atoms with Crippen molar-refractivity contribution in [2.24, 2.45) is 0 Å². The molecule has 0 aliphatic rings. The van der Waals surface area contributed by atoms with E-state index >= 15 is 0 Å². The molecule has 1 rings (SSSR count). The van der Waals surface area contributed by atoms with Crippen LogP contribution in [0.1, 0.15) is 25.3 Å². The Kier molecular flexibility index (Phi) is 5.93. The van der Waals surface area contributed by atoms with E-state index in [-0.39, 0.29) is 6.03 Å². The predicted molar refractivity (Wildman–Crippen MR) is 68.1 cm³/mol. The normalized spacial score (nSPS) is 9.76. The summed E-state index contributed by atoms with van der Waals surface area (Å²) in [5, 5.41) is 5.60. The van der Waals surface area contributed by atoms with Gasteiger partial charge in [0, 0.05) is 13.1 Å². The molecule has 0 spiro atoms. The van der Waals surface area contributed by atoms with Gasteiger partial charge in [0.2, 0.25) is 0 Å². The molecule has 1 aromatic rings. The Balaban J connectivity index is 2.31. The number of hydrogen-bond donors (Lipinski definition) is 2. The first-order chi connectivity index (χ1) is 8.26. The maximum atomic E-state index is 11.4.